The van der Waals surface area contributed by atoms with E-state index in [1.54, 1.807) is 31.4 Å². The maximum absolute atomic E-state index is 12.5. The maximum Gasteiger partial charge on any atom is 0.186 e. The number of hydrogen-bond donors (Lipinski definition) is 1. The molecule has 0 aliphatic rings. The number of sulfone groups is 1. The van der Waals surface area contributed by atoms with E-state index in [4.69, 9.17) is 22.1 Å². The summed E-state index contributed by atoms with van der Waals surface area (Å²) in [4.78, 5) is -0.0291. The van der Waals surface area contributed by atoms with Gasteiger partial charge in [0.05, 0.1) is 28.0 Å². The number of hydrogen-bond acceptors (Lipinski definition) is 4. The maximum atomic E-state index is 12.5. The molecule has 0 heterocycles. The number of halogens is 2. The Balaban J connectivity index is 2.40. The third-order valence-corrected chi connectivity index (χ3v) is 5.72. The average Bonchev–Trinajstić information content (AvgIpc) is 2.37. The van der Waals surface area contributed by atoms with Crippen LogP contribution in [0.3, 0.4) is 0 Å². The van der Waals surface area contributed by atoms with Crippen molar-refractivity contribution in [3.8, 4) is 5.75 Å². The summed E-state index contributed by atoms with van der Waals surface area (Å²) in [5, 5.41) is 0.127. The molecule has 7 heteroatoms. The number of nitrogen functional groups attached to an aromatic ring is 1. The van der Waals surface area contributed by atoms with Crippen molar-refractivity contribution in [3.63, 3.8) is 0 Å². The van der Waals surface area contributed by atoms with E-state index in [2.05, 4.69) is 15.9 Å². The van der Waals surface area contributed by atoms with Crippen molar-refractivity contribution in [1.82, 2.24) is 0 Å². The molecule has 2 N–H and O–H groups in total. The van der Waals surface area contributed by atoms with Gasteiger partial charge in [0.15, 0.2) is 9.84 Å². The minimum absolute atomic E-state index is 0.0291. The van der Waals surface area contributed by atoms with Crippen molar-refractivity contribution in [1.29, 1.82) is 0 Å². The molecule has 0 fully saturated rings. The lowest BCUT2D eigenvalue weighted by Gasteiger charge is -2.10. The zero-order valence-electron chi connectivity index (χ0n) is 11.1. The minimum atomic E-state index is -3.63. The van der Waals surface area contributed by atoms with Crippen LogP contribution < -0.4 is 10.5 Å². The summed E-state index contributed by atoms with van der Waals surface area (Å²) in [5.41, 5.74) is 6.51. The summed E-state index contributed by atoms with van der Waals surface area (Å²) in [6.07, 6.45) is 0. The molecule has 0 saturated carbocycles. The van der Waals surface area contributed by atoms with Gasteiger partial charge in [0, 0.05) is 0 Å². The van der Waals surface area contributed by atoms with Crippen molar-refractivity contribution in [2.24, 2.45) is 0 Å². The molecule has 0 aromatic heterocycles. The Morgan fingerprint density at radius 2 is 2.00 bits per heavy atom. The van der Waals surface area contributed by atoms with E-state index in [0.717, 1.165) is 0 Å². The Kier molecular flexibility index (Phi) is 4.81. The van der Waals surface area contributed by atoms with E-state index >= 15 is 0 Å². The smallest absolute Gasteiger partial charge is 0.186 e. The van der Waals surface area contributed by atoms with Crippen LogP contribution in [-0.2, 0) is 15.6 Å². The normalized spacial score (nSPS) is 11.4. The fraction of sp³-hybridized carbons (Fsp3) is 0.143. The van der Waals surface area contributed by atoms with Crippen LogP contribution in [0.15, 0.2) is 45.8 Å². The highest BCUT2D eigenvalue weighted by molar-refractivity contribution is 9.10. The summed E-state index contributed by atoms with van der Waals surface area (Å²) in [6.45, 7) is 0. The van der Waals surface area contributed by atoms with Crippen molar-refractivity contribution in [2.45, 2.75) is 10.6 Å². The number of ether oxygens (including phenoxy) is 1. The standard InChI is InChI=1S/C14H13BrClNO3S/c1-20-13-6-5-9(7-10(13)15)8-21(18,19)14-11(16)3-2-4-12(14)17/h2-7H,8,17H2,1H3. The van der Waals surface area contributed by atoms with E-state index < -0.39 is 9.84 Å². The van der Waals surface area contributed by atoms with Gasteiger partial charge < -0.3 is 10.5 Å². The number of anilines is 1. The van der Waals surface area contributed by atoms with E-state index in [1.165, 1.54) is 12.1 Å². The van der Waals surface area contributed by atoms with Crippen molar-refractivity contribution < 1.29 is 13.2 Å². The fourth-order valence-electron chi connectivity index (χ4n) is 1.94. The molecule has 0 saturated heterocycles. The third-order valence-electron chi connectivity index (χ3n) is 2.88. The molecule has 21 heavy (non-hydrogen) atoms. The average molecular weight is 391 g/mol. The molecule has 0 aliphatic heterocycles. The molecule has 0 bridgehead atoms. The second-order valence-corrected chi connectivity index (χ2v) is 7.57. The Hall–Kier alpha value is -1.24. The van der Waals surface area contributed by atoms with Gasteiger partial charge in [0.25, 0.3) is 0 Å². The summed E-state index contributed by atoms with van der Waals surface area (Å²) < 4.78 is 30.8. The van der Waals surface area contributed by atoms with E-state index in [0.29, 0.717) is 15.8 Å². The SMILES string of the molecule is COc1ccc(CS(=O)(=O)c2c(N)cccc2Cl)cc1Br. The Morgan fingerprint density at radius 1 is 1.29 bits per heavy atom. The second-order valence-electron chi connectivity index (χ2n) is 4.39. The van der Waals surface area contributed by atoms with Crippen LogP contribution in [0.5, 0.6) is 5.75 Å². The van der Waals surface area contributed by atoms with Crippen LogP contribution in [-0.4, -0.2) is 15.5 Å². The first kappa shape index (κ1) is 16.1. The topological polar surface area (TPSA) is 69.4 Å². The Morgan fingerprint density at radius 3 is 2.57 bits per heavy atom. The van der Waals surface area contributed by atoms with Gasteiger partial charge in [-0.25, -0.2) is 8.42 Å². The second kappa shape index (κ2) is 6.25. The van der Waals surface area contributed by atoms with Gasteiger partial charge >= 0.3 is 0 Å². The first-order chi connectivity index (χ1) is 9.85. The van der Waals surface area contributed by atoms with Crippen LogP contribution in [0.1, 0.15) is 5.56 Å². The molecule has 0 amide bonds. The summed E-state index contributed by atoms with van der Waals surface area (Å²) in [6, 6.07) is 9.72. The van der Waals surface area contributed by atoms with Gasteiger partial charge in [-0.2, -0.15) is 0 Å². The third kappa shape index (κ3) is 3.51. The van der Waals surface area contributed by atoms with Crippen LogP contribution in [0.4, 0.5) is 5.69 Å². The lowest BCUT2D eigenvalue weighted by molar-refractivity contribution is 0.412. The van der Waals surface area contributed by atoms with E-state index in [-0.39, 0.29) is 21.4 Å². The zero-order valence-corrected chi connectivity index (χ0v) is 14.3. The predicted octanol–water partition coefficient (Wildman–Crippen LogP) is 3.67. The lowest BCUT2D eigenvalue weighted by atomic mass is 10.2. The van der Waals surface area contributed by atoms with Crippen molar-refractivity contribution >= 4 is 43.1 Å². The van der Waals surface area contributed by atoms with Crippen LogP contribution in [0, 0.1) is 0 Å². The molecule has 112 valence electrons. The number of methoxy groups -OCH3 is 1. The van der Waals surface area contributed by atoms with E-state index in [9.17, 15) is 8.42 Å². The summed E-state index contributed by atoms with van der Waals surface area (Å²) in [7, 11) is -2.09. The van der Waals surface area contributed by atoms with Gasteiger partial charge in [0.1, 0.15) is 10.6 Å². The molecule has 0 aliphatic carbocycles. The monoisotopic (exact) mass is 389 g/mol. The molecular formula is C14H13BrClNO3S. The Bertz CT molecular complexity index is 758. The molecule has 2 rings (SSSR count). The van der Waals surface area contributed by atoms with Gasteiger partial charge in [-0.1, -0.05) is 23.7 Å². The molecule has 2 aromatic rings. The van der Waals surface area contributed by atoms with Crippen LogP contribution >= 0.6 is 27.5 Å². The van der Waals surface area contributed by atoms with Crippen molar-refractivity contribution in [3.05, 3.63) is 51.5 Å². The first-order valence-corrected chi connectivity index (χ1v) is 8.76. The molecular weight excluding hydrogens is 378 g/mol. The highest BCUT2D eigenvalue weighted by atomic mass is 79.9. The molecule has 0 spiro atoms. The van der Waals surface area contributed by atoms with E-state index in [1.807, 2.05) is 0 Å². The minimum Gasteiger partial charge on any atom is -0.496 e. The fourth-order valence-corrected chi connectivity index (χ4v) is 4.62. The van der Waals surface area contributed by atoms with Gasteiger partial charge in [-0.15, -0.1) is 0 Å². The van der Waals surface area contributed by atoms with Crippen LogP contribution in [0.25, 0.3) is 0 Å². The van der Waals surface area contributed by atoms with Crippen LogP contribution in [0.2, 0.25) is 5.02 Å². The molecule has 0 atom stereocenters. The molecule has 4 nitrogen and oxygen atoms in total. The Labute approximate surface area is 136 Å². The molecule has 2 aromatic carbocycles. The summed E-state index contributed by atoms with van der Waals surface area (Å²) >= 11 is 9.30. The summed E-state index contributed by atoms with van der Waals surface area (Å²) in [5.74, 6) is 0.442. The highest BCUT2D eigenvalue weighted by Crippen LogP contribution is 2.31. The molecule has 0 unspecified atom stereocenters. The number of rotatable bonds is 4. The highest BCUT2D eigenvalue weighted by Gasteiger charge is 2.22. The number of benzene rings is 2. The predicted molar refractivity (Wildman–Crippen MR) is 87.4 cm³/mol. The van der Waals surface area contributed by atoms with Gasteiger partial charge in [-0.05, 0) is 45.8 Å². The van der Waals surface area contributed by atoms with Crippen molar-refractivity contribution in [2.75, 3.05) is 12.8 Å². The van der Waals surface area contributed by atoms with Gasteiger partial charge in [-0.3, -0.25) is 0 Å². The van der Waals surface area contributed by atoms with Gasteiger partial charge in [0.2, 0.25) is 0 Å². The largest absolute Gasteiger partial charge is 0.496 e. The lowest BCUT2D eigenvalue weighted by Crippen LogP contribution is -2.08. The quantitative estimate of drug-likeness (QED) is 0.809. The molecule has 0 radical (unpaired) electrons. The zero-order chi connectivity index (χ0) is 15.6. The number of nitrogens with two attached hydrogens (primary N) is 1. The first-order valence-electron chi connectivity index (χ1n) is 5.94.